The van der Waals surface area contributed by atoms with Crippen molar-refractivity contribution >= 4 is 0 Å². The van der Waals surface area contributed by atoms with Gasteiger partial charge in [0.2, 0.25) is 0 Å². The van der Waals surface area contributed by atoms with E-state index < -0.39 is 0 Å². The Morgan fingerprint density at radius 2 is 1.80 bits per heavy atom. The smallest absolute Gasteiger partial charge is 0.131 e. The molecule has 20 heavy (non-hydrogen) atoms. The first-order valence-electron chi connectivity index (χ1n) is 7.74. The fourth-order valence-electron chi connectivity index (χ4n) is 2.86. The molecule has 114 valence electrons. The van der Waals surface area contributed by atoms with E-state index >= 15 is 0 Å². The summed E-state index contributed by atoms with van der Waals surface area (Å²) in [5.74, 6) is 0.879. The third-order valence-electron chi connectivity index (χ3n) is 3.76. The van der Waals surface area contributed by atoms with Gasteiger partial charge in [0.25, 0.3) is 0 Å². The minimum atomic E-state index is -0.174. The highest BCUT2D eigenvalue weighted by molar-refractivity contribution is 5.31. The van der Waals surface area contributed by atoms with Crippen molar-refractivity contribution in [3.05, 3.63) is 29.6 Å². The van der Waals surface area contributed by atoms with Crippen molar-refractivity contribution in [3.63, 3.8) is 0 Å². The van der Waals surface area contributed by atoms with Gasteiger partial charge in [0.1, 0.15) is 11.6 Å². The molecule has 2 nitrogen and oxygen atoms in total. The van der Waals surface area contributed by atoms with Crippen LogP contribution in [-0.2, 0) is 0 Å². The minimum Gasteiger partial charge on any atom is -0.497 e. The fraction of sp³-hybridized carbons (Fsp3) is 0.647. The Balaban J connectivity index is 3.04. The van der Waals surface area contributed by atoms with Gasteiger partial charge in [0.15, 0.2) is 0 Å². The van der Waals surface area contributed by atoms with Crippen LogP contribution in [0, 0.1) is 11.7 Å². The summed E-state index contributed by atoms with van der Waals surface area (Å²) >= 11 is 0. The molecule has 0 aliphatic heterocycles. The molecule has 3 heteroatoms. The van der Waals surface area contributed by atoms with Crippen LogP contribution >= 0.6 is 0 Å². The average Bonchev–Trinajstić information content (AvgIpc) is 2.45. The number of ether oxygens (including phenoxy) is 1. The Kier molecular flexibility index (Phi) is 7.60. The van der Waals surface area contributed by atoms with Gasteiger partial charge in [-0.2, -0.15) is 0 Å². The van der Waals surface area contributed by atoms with E-state index in [2.05, 4.69) is 26.1 Å². The number of hydrogen-bond acceptors (Lipinski definition) is 2. The van der Waals surface area contributed by atoms with Crippen molar-refractivity contribution in [2.45, 2.75) is 52.5 Å². The SMILES string of the molecule is CCCC(CCC)C(NCC)c1ccc(OC)cc1F. The van der Waals surface area contributed by atoms with Gasteiger partial charge in [-0.3, -0.25) is 0 Å². The number of benzene rings is 1. The van der Waals surface area contributed by atoms with Crippen molar-refractivity contribution in [2.75, 3.05) is 13.7 Å². The van der Waals surface area contributed by atoms with E-state index in [1.54, 1.807) is 7.11 Å². The summed E-state index contributed by atoms with van der Waals surface area (Å²) in [6.45, 7) is 7.30. The molecule has 1 unspecified atom stereocenters. The van der Waals surface area contributed by atoms with Gasteiger partial charge < -0.3 is 10.1 Å². The van der Waals surface area contributed by atoms with Crippen molar-refractivity contribution in [3.8, 4) is 5.75 Å². The summed E-state index contributed by atoms with van der Waals surface area (Å²) < 4.78 is 19.4. The molecule has 0 fully saturated rings. The van der Waals surface area contributed by atoms with Gasteiger partial charge in [-0.15, -0.1) is 0 Å². The van der Waals surface area contributed by atoms with Crippen LogP contribution in [0.1, 0.15) is 58.1 Å². The van der Waals surface area contributed by atoms with E-state index in [-0.39, 0.29) is 11.9 Å². The van der Waals surface area contributed by atoms with Crippen molar-refractivity contribution in [2.24, 2.45) is 5.92 Å². The highest BCUT2D eigenvalue weighted by Crippen LogP contribution is 2.32. The normalized spacial score (nSPS) is 12.7. The van der Waals surface area contributed by atoms with Gasteiger partial charge in [-0.1, -0.05) is 39.7 Å². The lowest BCUT2D eigenvalue weighted by Gasteiger charge is -2.28. The standard InChI is InChI=1S/C17H28FNO/c1-5-8-13(9-6-2)17(19-7-3)15-11-10-14(20-4)12-16(15)18/h10-13,17,19H,5-9H2,1-4H3. The highest BCUT2D eigenvalue weighted by Gasteiger charge is 2.24. The maximum Gasteiger partial charge on any atom is 0.131 e. The monoisotopic (exact) mass is 281 g/mol. The molecule has 0 bridgehead atoms. The third kappa shape index (κ3) is 4.48. The quantitative estimate of drug-likeness (QED) is 0.708. The number of hydrogen-bond donors (Lipinski definition) is 1. The maximum absolute atomic E-state index is 14.3. The van der Waals surface area contributed by atoms with Crippen LogP contribution in [0.3, 0.4) is 0 Å². The highest BCUT2D eigenvalue weighted by atomic mass is 19.1. The molecule has 0 aliphatic carbocycles. The summed E-state index contributed by atoms with van der Waals surface area (Å²) in [5, 5.41) is 3.47. The van der Waals surface area contributed by atoms with Crippen LogP contribution in [0.5, 0.6) is 5.75 Å². The Labute approximate surface area is 122 Å². The summed E-state index contributed by atoms with van der Waals surface area (Å²) in [6, 6.07) is 5.28. The van der Waals surface area contributed by atoms with Crippen LogP contribution < -0.4 is 10.1 Å². The van der Waals surface area contributed by atoms with E-state index in [0.29, 0.717) is 11.7 Å². The molecule has 0 saturated heterocycles. The lowest BCUT2D eigenvalue weighted by Crippen LogP contribution is -2.29. The first-order chi connectivity index (χ1) is 9.67. The summed E-state index contributed by atoms with van der Waals surface area (Å²) in [7, 11) is 1.56. The van der Waals surface area contributed by atoms with Gasteiger partial charge in [-0.05, 0) is 31.4 Å². The summed E-state index contributed by atoms with van der Waals surface area (Å²) in [6.07, 6.45) is 4.50. The van der Waals surface area contributed by atoms with E-state index in [1.807, 2.05) is 12.1 Å². The Morgan fingerprint density at radius 1 is 1.15 bits per heavy atom. The molecule has 1 aromatic rings. The first kappa shape index (κ1) is 17.0. The van der Waals surface area contributed by atoms with Crippen LogP contribution in [0.2, 0.25) is 0 Å². The van der Waals surface area contributed by atoms with E-state index in [0.717, 1.165) is 37.8 Å². The van der Waals surface area contributed by atoms with E-state index in [4.69, 9.17) is 4.74 Å². The largest absolute Gasteiger partial charge is 0.497 e. The lowest BCUT2D eigenvalue weighted by atomic mass is 9.86. The number of rotatable bonds is 9. The topological polar surface area (TPSA) is 21.3 Å². The molecule has 0 aromatic heterocycles. The van der Waals surface area contributed by atoms with Crippen molar-refractivity contribution in [1.29, 1.82) is 0 Å². The Hall–Kier alpha value is -1.09. The Bertz CT molecular complexity index is 389. The van der Waals surface area contributed by atoms with Crippen LogP contribution in [0.25, 0.3) is 0 Å². The number of nitrogens with one attached hydrogen (secondary N) is 1. The van der Waals surface area contributed by atoms with Gasteiger partial charge in [0, 0.05) is 17.7 Å². The molecule has 0 amide bonds. The van der Waals surface area contributed by atoms with Crippen molar-refractivity contribution in [1.82, 2.24) is 5.32 Å². The van der Waals surface area contributed by atoms with Gasteiger partial charge >= 0.3 is 0 Å². The van der Waals surface area contributed by atoms with E-state index in [1.165, 1.54) is 6.07 Å². The van der Waals surface area contributed by atoms with Gasteiger partial charge in [-0.25, -0.2) is 4.39 Å². The first-order valence-corrected chi connectivity index (χ1v) is 7.74. The third-order valence-corrected chi connectivity index (χ3v) is 3.76. The van der Waals surface area contributed by atoms with Crippen molar-refractivity contribution < 1.29 is 9.13 Å². The zero-order valence-electron chi connectivity index (χ0n) is 13.2. The molecule has 0 aliphatic rings. The minimum absolute atomic E-state index is 0.0887. The predicted octanol–water partition coefficient (Wildman–Crippen LogP) is 4.70. The molecule has 1 atom stereocenters. The van der Waals surface area contributed by atoms with Crippen LogP contribution in [0.15, 0.2) is 18.2 Å². The molecular formula is C17H28FNO. The van der Waals surface area contributed by atoms with Crippen LogP contribution in [-0.4, -0.2) is 13.7 Å². The Morgan fingerprint density at radius 3 is 2.25 bits per heavy atom. The fourth-order valence-corrected chi connectivity index (χ4v) is 2.86. The zero-order valence-corrected chi connectivity index (χ0v) is 13.2. The van der Waals surface area contributed by atoms with Gasteiger partial charge in [0.05, 0.1) is 7.11 Å². The van der Waals surface area contributed by atoms with Crippen LogP contribution in [0.4, 0.5) is 4.39 Å². The second kappa shape index (κ2) is 8.96. The molecule has 1 aromatic carbocycles. The lowest BCUT2D eigenvalue weighted by molar-refractivity contribution is 0.312. The number of halogens is 1. The molecular weight excluding hydrogens is 253 g/mol. The second-order valence-electron chi connectivity index (χ2n) is 5.26. The summed E-state index contributed by atoms with van der Waals surface area (Å²) in [4.78, 5) is 0. The van der Waals surface area contributed by atoms with E-state index in [9.17, 15) is 4.39 Å². The molecule has 0 saturated carbocycles. The predicted molar refractivity (Wildman–Crippen MR) is 82.7 cm³/mol. The number of methoxy groups -OCH3 is 1. The molecule has 1 N–H and O–H groups in total. The second-order valence-corrected chi connectivity index (χ2v) is 5.26. The molecule has 0 spiro atoms. The molecule has 0 heterocycles. The molecule has 0 radical (unpaired) electrons. The average molecular weight is 281 g/mol. The maximum atomic E-state index is 14.3. The zero-order chi connectivity index (χ0) is 15.0. The summed E-state index contributed by atoms with van der Waals surface area (Å²) in [5.41, 5.74) is 0.763. The molecule has 1 rings (SSSR count).